The number of nitrogens with one attached hydrogen (secondary N) is 2. The third kappa shape index (κ3) is 5.39. The van der Waals surface area contributed by atoms with Crippen molar-refractivity contribution < 1.29 is 14.8 Å². The molecule has 1 aromatic rings. The number of nitro groups is 1. The lowest BCUT2D eigenvalue weighted by atomic mass is 10.1. The van der Waals surface area contributed by atoms with Crippen LogP contribution in [0.3, 0.4) is 0 Å². The van der Waals surface area contributed by atoms with E-state index in [1.807, 2.05) is 0 Å². The maximum absolute atomic E-state index is 11.8. The van der Waals surface area contributed by atoms with Crippen LogP contribution < -0.4 is 10.6 Å². The van der Waals surface area contributed by atoms with Gasteiger partial charge in [-0.25, -0.2) is 0 Å². The zero-order chi connectivity index (χ0) is 15.8. The highest BCUT2D eigenvalue weighted by molar-refractivity contribution is 5.95. The number of aliphatic hydroxyl groups is 1. The third-order valence-electron chi connectivity index (χ3n) is 2.91. The van der Waals surface area contributed by atoms with Crippen molar-refractivity contribution >= 4 is 17.3 Å². The summed E-state index contributed by atoms with van der Waals surface area (Å²) in [6, 6.07) is 4.23. The molecule has 0 bridgehead atoms. The molecule has 0 heterocycles. The molecule has 1 rings (SSSR count). The van der Waals surface area contributed by atoms with Crippen LogP contribution in [0.15, 0.2) is 18.2 Å². The molecule has 1 atom stereocenters. The first-order chi connectivity index (χ1) is 9.95. The zero-order valence-corrected chi connectivity index (χ0v) is 12.3. The van der Waals surface area contributed by atoms with E-state index in [0.29, 0.717) is 37.2 Å². The van der Waals surface area contributed by atoms with Gasteiger partial charge in [0.15, 0.2) is 0 Å². The number of hydrogen-bond acceptors (Lipinski definition) is 5. The molecule has 0 saturated heterocycles. The molecule has 21 heavy (non-hydrogen) atoms. The largest absolute Gasteiger partial charge is 0.393 e. The Morgan fingerprint density at radius 2 is 2.19 bits per heavy atom. The van der Waals surface area contributed by atoms with Crippen LogP contribution in [-0.2, 0) is 0 Å². The van der Waals surface area contributed by atoms with Crippen LogP contribution in [-0.4, -0.2) is 35.1 Å². The molecule has 0 saturated carbocycles. The zero-order valence-electron chi connectivity index (χ0n) is 12.3. The van der Waals surface area contributed by atoms with Crippen LogP contribution in [0.5, 0.6) is 0 Å². The minimum Gasteiger partial charge on any atom is -0.393 e. The summed E-state index contributed by atoms with van der Waals surface area (Å²) < 4.78 is 0. The number of anilines is 1. The number of aliphatic hydroxyl groups excluding tert-OH is 1. The highest BCUT2D eigenvalue weighted by atomic mass is 16.6. The number of amides is 1. The number of nitrogens with zero attached hydrogens (tertiary/aromatic N) is 1. The fraction of sp³-hybridized carbons (Fsp3) is 0.500. The third-order valence-corrected chi connectivity index (χ3v) is 2.91. The summed E-state index contributed by atoms with van der Waals surface area (Å²) >= 11 is 0. The van der Waals surface area contributed by atoms with Gasteiger partial charge in [0.25, 0.3) is 11.6 Å². The number of carbonyl (C=O) groups is 1. The smallest absolute Gasteiger partial charge is 0.292 e. The normalized spacial score (nSPS) is 11.8. The molecule has 7 nitrogen and oxygen atoms in total. The highest BCUT2D eigenvalue weighted by Crippen LogP contribution is 2.25. The van der Waals surface area contributed by atoms with Crippen molar-refractivity contribution in [2.45, 2.75) is 32.8 Å². The van der Waals surface area contributed by atoms with E-state index in [4.69, 9.17) is 0 Å². The number of carbonyl (C=O) groups excluding carboxylic acids is 1. The van der Waals surface area contributed by atoms with Crippen molar-refractivity contribution in [1.82, 2.24) is 5.32 Å². The second kappa shape index (κ2) is 8.21. The maximum Gasteiger partial charge on any atom is 0.292 e. The second-order valence-corrected chi connectivity index (χ2v) is 4.77. The van der Waals surface area contributed by atoms with Gasteiger partial charge in [-0.3, -0.25) is 14.9 Å². The highest BCUT2D eigenvalue weighted by Gasteiger charge is 2.16. The van der Waals surface area contributed by atoms with Gasteiger partial charge in [0, 0.05) is 24.7 Å². The van der Waals surface area contributed by atoms with Gasteiger partial charge >= 0.3 is 0 Å². The molecule has 1 amide bonds. The van der Waals surface area contributed by atoms with Crippen LogP contribution in [0.4, 0.5) is 11.4 Å². The minimum absolute atomic E-state index is 0.0694. The Kier molecular flexibility index (Phi) is 6.61. The molecule has 0 fully saturated rings. The molecule has 116 valence electrons. The van der Waals surface area contributed by atoms with Gasteiger partial charge < -0.3 is 15.7 Å². The lowest BCUT2D eigenvalue weighted by Crippen LogP contribution is -2.22. The summed E-state index contributed by atoms with van der Waals surface area (Å²) in [4.78, 5) is 22.3. The summed E-state index contributed by atoms with van der Waals surface area (Å²) in [5.41, 5.74) is 0.620. The monoisotopic (exact) mass is 295 g/mol. The van der Waals surface area contributed by atoms with E-state index in [9.17, 15) is 20.0 Å². The lowest BCUT2D eigenvalue weighted by Gasteiger charge is -2.10. The van der Waals surface area contributed by atoms with Crippen molar-refractivity contribution in [3.8, 4) is 0 Å². The van der Waals surface area contributed by atoms with Crippen molar-refractivity contribution in [1.29, 1.82) is 0 Å². The number of hydrogen-bond donors (Lipinski definition) is 3. The van der Waals surface area contributed by atoms with Crippen LogP contribution in [0, 0.1) is 10.1 Å². The summed E-state index contributed by atoms with van der Waals surface area (Å²) in [5.74, 6) is -0.264. The summed E-state index contributed by atoms with van der Waals surface area (Å²) in [7, 11) is 0. The number of nitro benzene ring substituents is 1. The van der Waals surface area contributed by atoms with Gasteiger partial charge in [-0.05, 0) is 38.8 Å². The first-order valence-corrected chi connectivity index (χ1v) is 6.94. The molecule has 0 spiro atoms. The Hall–Kier alpha value is -2.15. The van der Waals surface area contributed by atoms with E-state index >= 15 is 0 Å². The predicted octanol–water partition coefficient (Wildman–Crippen LogP) is 1.92. The second-order valence-electron chi connectivity index (χ2n) is 4.77. The van der Waals surface area contributed by atoms with Crippen LogP contribution >= 0.6 is 0 Å². The van der Waals surface area contributed by atoms with E-state index < -0.39 is 11.0 Å². The number of benzene rings is 1. The van der Waals surface area contributed by atoms with Gasteiger partial charge in [-0.2, -0.15) is 0 Å². The van der Waals surface area contributed by atoms with E-state index in [2.05, 4.69) is 10.6 Å². The maximum atomic E-state index is 11.8. The Morgan fingerprint density at radius 3 is 2.76 bits per heavy atom. The first kappa shape index (κ1) is 16.9. The Bertz CT molecular complexity index is 503. The van der Waals surface area contributed by atoms with Gasteiger partial charge in [-0.15, -0.1) is 0 Å². The topological polar surface area (TPSA) is 104 Å². The van der Waals surface area contributed by atoms with Gasteiger partial charge in [0.2, 0.25) is 0 Å². The molecule has 0 aliphatic heterocycles. The Morgan fingerprint density at radius 1 is 1.48 bits per heavy atom. The molecule has 0 aromatic heterocycles. The molecule has 1 unspecified atom stereocenters. The van der Waals surface area contributed by atoms with Crippen molar-refractivity contribution in [3.63, 3.8) is 0 Å². The van der Waals surface area contributed by atoms with E-state index in [1.54, 1.807) is 13.8 Å². The number of rotatable bonds is 8. The summed E-state index contributed by atoms with van der Waals surface area (Å²) in [6.45, 7) is 4.48. The van der Waals surface area contributed by atoms with Crippen molar-refractivity contribution in [2.75, 3.05) is 18.4 Å². The van der Waals surface area contributed by atoms with Crippen molar-refractivity contribution in [2.24, 2.45) is 0 Å². The van der Waals surface area contributed by atoms with Crippen molar-refractivity contribution in [3.05, 3.63) is 33.9 Å². The molecule has 0 radical (unpaired) electrons. The minimum atomic E-state index is -0.488. The molecular formula is C14H21N3O4. The molecule has 3 N–H and O–H groups in total. The van der Waals surface area contributed by atoms with Gasteiger partial charge in [-0.1, -0.05) is 0 Å². The standard InChI is InChI=1S/C14H21N3O4/c1-3-15-14(19)11-6-7-13(17(20)21)12(9-11)16-8-4-5-10(2)18/h6-7,9-10,16,18H,3-5,8H2,1-2H3,(H,15,19). The van der Waals surface area contributed by atoms with Crippen LogP contribution in [0.1, 0.15) is 37.0 Å². The summed E-state index contributed by atoms with van der Waals surface area (Å²) in [6.07, 6.45) is 0.889. The molecule has 7 heteroatoms. The van der Waals surface area contributed by atoms with E-state index in [0.717, 1.165) is 0 Å². The SMILES string of the molecule is CCNC(=O)c1ccc([N+](=O)[O-])c(NCCCC(C)O)c1. The van der Waals surface area contributed by atoms with Gasteiger partial charge in [0.05, 0.1) is 11.0 Å². The fourth-order valence-electron chi connectivity index (χ4n) is 1.86. The van der Waals surface area contributed by atoms with Crippen LogP contribution in [0.25, 0.3) is 0 Å². The Balaban J connectivity index is 2.83. The van der Waals surface area contributed by atoms with Crippen LogP contribution in [0.2, 0.25) is 0 Å². The predicted molar refractivity (Wildman–Crippen MR) is 80.5 cm³/mol. The summed E-state index contributed by atoms with van der Waals surface area (Å²) in [5, 5.41) is 25.8. The van der Waals surface area contributed by atoms with Gasteiger partial charge in [0.1, 0.15) is 5.69 Å². The Labute approximate surface area is 123 Å². The molecule has 0 aliphatic carbocycles. The van der Waals surface area contributed by atoms with E-state index in [1.165, 1.54) is 18.2 Å². The van der Waals surface area contributed by atoms with E-state index in [-0.39, 0.29) is 11.6 Å². The molecule has 1 aromatic carbocycles. The first-order valence-electron chi connectivity index (χ1n) is 6.94. The fourth-order valence-corrected chi connectivity index (χ4v) is 1.86. The quantitative estimate of drug-likeness (QED) is 0.386. The average Bonchev–Trinajstić information content (AvgIpc) is 2.43. The molecular weight excluding hydrogens is 274 g/mol. The lowest BCUT2D eigenvalue weighted by molar-refractivity contribution is -0.384. The average molecular weight is 295 g/mol. The molecule has 0 aliphatic rings.